The summed E-state index contributed by atoms with van der Waals surface area (Å²) >= 11 is 1.18. The fraction of sp³-hybridized carbons (Fsp3) is 0.300. The van der Waals surface area contributed by atoms with Crippen molar-refractivity contribution in [1.29, 1.82) is 0 Å². The average Bonchev–Trinajstić information content (AvgIpc) is 3.16. The average molecular weight is 477 g/mol. The number of hydrogen-bond acceptors (Lipinski definition) is 9. The fourth-order valence-electron chi connectivity index (χ4n) is 3.53. The zero-order chi connectivity index (χ0) is 23.2. The molecule has 0 aliphatic carbocycles. The van der Waals surface area contributed by atoms with Crippen LogP contribution in [0, 0.1) is 13.8 Å². The molecule has 12 heteroatoms. The third kappa shape index (κ3) is 3.86. The lowest BCUT2D eigenvalue weighted by Crippen LogP contribution is -2.48. The highest BCUT2D eigenvalue weighted by atomic mass is 32.2. The van der Waals surface area contributed by atoms with E-state index >= 15 is 0 Å². The summed E-state index contributed by atoms with van der Waals surface area (Å²) in [6, 6.07) is 6.36. The van der Waals surface area contributed by atoms with E-state index in [0.29, 0.717) is 10.2 Å². The largest absolute Gasteiger partial charge is 0.326 e. The SMILES string of the molecule is Cc1ccc(S(=O)(=O)ON2C(=O)CCC(n3c(C)nc4cc(CN)sc4c3=O)C2=O)cc1. The maximum atomic E-state index is 13.1. The summed E-state index contributed by atoms with van der Waals surface area (Å²) in [5, 5.41) is 0.235. The summed E-state index contributed by atoms with van der Waals surface area (Å²) in [5.74, 6) is -1.49. The Bertz CT molecular complexity index is 1390. The standard InChI is InChI=1S/C20H20N4O6S2/c1-11-3-5-14(6-4-11)32(28,29)30-24-17(25)8-7-16(19(24)26)23-12(2)22-15-9-13(10-21)31-18(15)20(23)27/h3-6,9,16H,7-8,10,21H2,1-2H3. The summed E-state index contributed by atoms with van der Waals surface area (Å²) in [4.78, 5) is 43.6. The van der Waals surface area contributed by atoms with Gasteiger partial charge in [-0.15, -0.1) is 20.7 Å². The molecule has 2 aromatic heterocycles. The maximum absolute atomic E-state index is 13.1. The van der Waals surface area contributed by atoms with Crippen LogP contribution in [0.1, 0.15) is 35.1 Å². The van der Waals surface area contributed by atoms with Crippen LogP contribution in [0.3, 0.4) is 0 Å². The summed E-state index contributed by atoms with van der Waals surface area (Å²) in [6.07, 6.45) is -0.159. The topological polar surface area (TPSA) is 142 Å². The number of carbonyl (C=O) groups is 2. The van der Waals surface area contributed by atoms with Crippen LogP contribution in [-0.4, -0.2) is 34.8 Å². The van der Waals surface area contributed by atoms with Gasteiger partial charge in [0.25, 0.3) is 17.4 Å². The first kappa shape index (κ1) is 22.3. The molecule has 0 spiro atoms. The lowest BCUT2D eigenvalue weighted by Gasteiger charge is -2.30. The Labute approximate surface area is 187 Å². The number of amides is 2. The summed E-state index contributed by atoms with van der Waals surface area (Å²) < 4.78 is 31.7. The molecule has 32 heavy (non-hydrogen) atoms. The van der Waals surface area contributed by atoms with E-state index in [1.54, 1.807) is 32.0 Å². The van der Waals surface area contributed by atoms with Crippen LogP contribution in [0.2, 0.25) is 0 Å². The lowest BCUT2D eigenvalue weighted by molar-refractivity contribution is -0.178. The number of benzene rings is 1. The Balaban J connectivity index is 1.71. The molecule has 1 unspecified atom stereocenters. The van der Waals surface area contributed by atoms with E-state index in [2.05, 4.69) is 4.98 Å². The predicted octanol–water partition coefficient (Wildman–Crippen LogP) is 1.54. The van der Waals surface area contributed by atoms with Crippen molar-refractivity contribution in [2.75, 3.05) is 0 Å². The molecule has 0 saturated carbocycles. The highest BCUT2D eigenvalue weighted by Crippen LogP contribution is 2.28. The zero-order valence-electron chi connectivity index (χ0n) is 17.3. The van der Waals surface area contributed by atoms with Gasteiger partial charge in [0.05, 0.1) is 10.4 Å². The summed E-state index contributed by atoms with van der Waals surface area (Å²) in [5.41, 5.74) is 6.51. The number of nitrogens with two attached hydrogens (primary N) is 1. The molecule has 1 saturated heterocycles. The van der Waals surface area contributed by atoms with Crippen LogP contribution < -0.4 is 11.3 Å². The molecule has 1 aromatic carbocycles. The number of imide groups is 1. The Hall–Kier alpha value is -2.93. The number of aromatic nitrogens is 2. The van der Waals surface area contributed by atoms with Gasteiger partial charge >= 0.3 is 10.1 Å². The molecule has 3 heterocycles. The van der Waals surface area contributed by atoms with E-state index in [4.69, 9.17) is 10.0 Å². The van der Waals surface area contributed by atoms with Crippen LogP contribution in [-0.2, 0) is 30.5 Å². The first-order valence-electron chi connectivity index (χ1n) is 9.72. The van der Waals surface area contributed by atoms with Crippen molar-refractivity contribution in [3.63, 3.8) is 0 Å². The van der Waals surface area contributed by atoms with E-state index in [-0.39, 0.29) is 35.2 Å². The molecule has 0 radical (unpaired) electrons. The molecule has 0 bridgehead atoms. The van der Waals surface area contributed by atoms with Gasteiger partial charge in [0.15, 0.2) is 0 Å². The number of thiophene rings is 1. The van der Waals surface area contributed by atoms with Gasteiger partial charge in [-0.1, -0.05) is 17.7 Å². The Morgan fingerprint density at radius 2 is 1.88 bits per heavy atom. The van der Waals surface area contributed by atoms with Gasteiger partial charge in [0, 0.05) is 17.8 Å². The van der Waals surface area contributed by atoms with Crippen molar-refractivity contribution in [1.82, 2.24) is 14.6 Å². The molecule has 1 atom stereocenters. The highest BCUT2D eigenvalue weighted by molar-refractivity contribution is 7.86. The van der Waals surface area contributed by atoms with Crippen LogP contribution in [0.4, 0.5) is 0 Å². The van der Waals surface area contributed by atoms with Crippen molar-refractivity contribution in [2.45, 2.75) is 44.2 Å². The number of aryl methyl sites for hydroxylation is 2. The monoisotopic (exact) mass is 476 g/mol. The first-order valence-corrected chi connectivity index (χ1v) is 11.9. The van der Waals surface area contributed by atoms with Crippen molar-refractivity contribution >= 4 is 43.5 Å². The number of hydroxylamine groups is 2. The molecule has 168 valence electrons. The van der Waals surface area contributed by atoms with Crippen molar-refractivity contribution < 1.29 is 22.3 Å². The molecule has 2 amide bonds. The normalized spacial score (nSPS) is 17.3. The van der Waals surface area contributed by atoms with Gasteiger partial charge in [-0.2, -0.15) is 8.42 Å². The second-order valence-electron chi connectivity index (χ2n) is 7.39. The van der Waals surface area contributed by atoms with Crippen LogP contribution >= 0.6 is 11.3 Å². The lowest BCUT2D eigenvalue weighted by atomic mass is 10.1. The number of piperidine rings is 1. The molecular weight excluding hydrogens is 456 g/mol. The highest BCUT2D eigenvalue weighted by Gasteiger charge is 2.41. The van der Waals surface area contributed by atoms with Gasteiger partial charge in [0.2, 0.25) is 0 Å². The Kier molecular flexibility index (Phi) is 5.71. The molecule has 2 N–H and O–H groups in total. The van der Waals surface area contributed by atoms with E-state index in [1.807, 2.05) is 0 Å². The quantitative estimate of drug-likeness (QED) is 0.547. The third-order valence-corrected chi connectivity index (χ3v) is 7.48. The Morgan fingerprint density at radius 3 is 2.53 bits per heavy atom. The third-order valence-electron chi connectivity index (χ3n) is 5.15. The maximum Gasteiger partial charge on any atom is 0.318 e. The van der Waals surface area contributed by atoms with Gasteiger partial charge in [-0.3, -0.25) is 19.0 Å². The first-order chi connectivity index (χ1) is 15.1. The van der Waals surface area contributed by atoms with E-state index in [1.165, 1.54) is 28.0 Å². The van der Waals surface area contributed by atoms with E-state index < -0.39 is 33.5 Å². The minimum absolute atomic E-state index is 0.0190. The summed E-state index contributed by atoms with van der Waals surface area (Å²) in [7, 11) is -4.43. The van der Waals surface area contributed by atoms with Crippen molar-refractivity contribution in [3.05, 3.63) is 57.0 Å². The minimum atomic E-state index is -4.43. The molecule has 4 rings (SSSR count). The molecule has 3 aromatic rings. The minimum Gasteiger partial charge on any atom is -0.326 e. The number of nitrogens with zero attached hydrogens (tertiary/aromatic N) is 3. The predicted molar refractivity (Wildman–Crippen MR) is 116 cm³/mol. The van der Waals surface area contributed by atoms with Crippen molar-refractivity contribution in [2.24, 2.45) is 5.73 Å². The number of rotatable bonds is 5. The van der Waals surface area contributed by atoms with E-state index in [0.717, 1.165) is 10.4 Å². The second kappa shape index (κ2) is 8.20. The molecule has 1 aliphatic heterocycles. The van der Waals surface area contributed by atoms with Gasteiger partial charge in [-0.25, -0.2) is 4.98 Å². The van der Waals surface area contributed by atoms with E-state index in [9.17, 15) is 22.8 Å². The van der Waals surface area contributed by atoms with Crippen LogP contribution in [0.5, 0.6) is 0 Å². The van der Waals surface area contributed by atoms with Gasteiger partial charge in [0.1, 0.15) is 16.6 Å². The molecule has 1 aliphatic rings. The van der Waals surface area contributed by atoms with Gasteiger partial charge in [-0.05, 0) is 38.5 Å². The summed E-state index contributed by atoms with van der Waals surface area (Å²) in [6.45, 7) is 3.60. The molecule has 10 nitrogen and oxygen atoms in total. The Morgan fingerprint density at radius 1 is 1.19 bits per heavy atom. The number of hydrogen-bond donors (Lipinski definition) is 1. The zero-order valence-corrected chi connectivity index (χ0v) is 18.9. The molecule has 1 fully saturated rings. The van der Waals surface area contributed by atoms with Crippen LogP contribution in [0.25, 0.3) is 10.2 Å². The van der Waals surface area contributed by atoms with Crippen LogP contribution in [0.15, 0.2) is 40.0 Å². The van der Waals surface area contributed by atoms with Gasteiger partial charge < -0.3 is 5.73 Å². The molecular formula is C20H20N4O6S2. The fourth-order valence-corrected chi connectivity index (χ4v) is 5.35. The number of fused-ring (bicyclic) bond motifs is 1. The smallest absolute Gasteiger partial charge is 0.318 e. The van der Waals surface area contributed by atoms with Crippen molar-refractivity contribution in [3.8, 4) is 0 Å². The number of carbonyl (C=O) groups excluding carboxylic acids is 2. The second-order valence-corrected chi connectivity index (χ2v) is 10.1.